The number of nitrogens with one attached hydrogen (secondary N) is 2. The lowest BCUT2D eigenvalue weighted by atomic mass is 10.0. The number of aromatic nitrogens is 3. The van der Waals surface area contributed by atoms with Crippen molar-refractivity contribution in [2.24, 2.45) is 0 Å². The minimum atomic E-state index is -0.402. The molecule has 0 spiro atoms. The van der Waals surface area contributed by atoms with Crippen molar-refractivity contribution in [3.8, 4) is 11.5 Å². The molecule has 0 saturated carbocycles. The molecule has 0 bridgehead atoms. The molecule has 1 aliphatic heterocycles. The van der Waals surface area contributed by atoms with Gasteiger partial charge in [0.2, 0.25) is 11.9 Å². The lowest BCUT2D eigenvalue weighted by Gasteiger charge is -2.23. The second-order valence-electron chi connectivity index (χ2n) is 6.82. The van der Waals surface area contributed by atoms with Crippen molar-refractivity contribution in [1.82, 2.24) is 14.8 Å². The molecule has 3 aromatic rings. The largest absolute Gasteiger partial charge is 0.493 e. The average molecular weight is 419 g/mol. The van der Waals surface area contributed by atoms with Gasteiger partial charge < -0.3 is 9.47 Å². The standard InChI is InChI=1S/C22H21N5O4/c1-30-17-10-8-14(12-18(17)31-2)9-11-19(28)23-21-25-22-24-20(29)13-16(27(22)26-21)15-6-4-3-5-7-15/h3-12,16H,13H2,1-2H3,(H2,23,24,25,26,28,29)/b11-9+/t16-/m0/s1. The van der Waals surface area contributed by atoms with Crippen molar-refractivity contribution in [2.75, 3.05) is 24.9 Å². The van der Waals surface area contributed by atoms with E-state index in [0.29, 0.717) is 17.4 Å². The second kappa shape index (κ2) is 8.70. The van der Waals surface area contributed by atoms with Crippen LogP contribution in [-0.4, -0.2) is 40.8 Å². The third-order valence-corrected chi connectivity index (χ3v) is 4.81. The lowest BCUT2D eigenvalue weighted by molar-refractivity contribution is -0.117. The summed E-state index contributed by atoms with van der Waals surface area (Å²) in [6.45, 7) is 0. The van der Waals surface area contributed by atoms with Gasteiger partial charge in [0.25, 0.3) is 11.9 Å². The molecule has 0 saturated heterocycles. The number of hydrogen-bond acceptors (Lipinski definition) is 6. The minimum absolute atomic E-state index is 0.111. The fourth-order valence-corrected chi connectivity index (χ4v) is 3.33. The number of methoxy groups -OCH3 is 2. The minimum Gasteiger partial charge on any atom is -0.493 e. The highest BCUT2D eigenvalue weighted by molar-refractivity contribution is 6.01. The van der Waals surface area contributed by atoms with E-state index in [4.69, 9.17) is 9.47 Å². The van der Waals surface area contributed by atoms with Crippen molar-refractivity contribution >= 4 is 29.8 Å². The summed E-state index contributed by atoms with van der Waals surface area (Å²) >= 11 is 0. The van der Waals surface area contributed by atoms with Crippen LogP contribution in [0.3, 0.4) is 0 Å². The number of amides is 2. The van der Waals surface area contributed by atoms with Gasteiger partial charge in [-0.25, -0.2) is 4.68 Å². The van der Waals surface area contributed by atoms with Gasteiger partial charge in [-0.05, 0) is 29.3 Å². The number of carbonyl (C=O) groups excluding carboxylic acids is 2. The average Bonchev–Trinajstić information content (AvgIpc) is 3.19. The Labute approximate surface area is 178 Å². The Hall–Kier alpha value is -4.14. The fourth-order valence-electron chi connectivity index (χ4n) is 3.33. The highest BCUT2D eigenvalue weighted by Crippen LogP contribution is 2.30. The van der Waals surface area contributed by atoms with Gasteiger partial charge in [0.05, 0.1) is 26.7 Å². The zero-order valence-corrected chi connectivity index (χ0v) is 17.0. The molecule has 31 heavy (non-hydrogen) atoms. The van der Waals surface area contributed by atoms with Crippen molar-refractivity contribution < 1.29 is 19.1 Å². The summed E-state index contributed by atoms with van der Waals surface area (Å²) in [4.78, 5) is 28.7. The van der Waals surface area contributed by atoms with E-state index in [2.05, 4.69) is 20.7 Å². The molecule has 1 atom stereocenters. The fraction of sp³-hybridized carbons (Fsp3) is 0.182. The summed E-state index contributed by atoms with van der Waals surface area (Å²) in [5.41, 5.74) is 1.70. The zero-order chi connectivity index (χ0) is 21.8. The predicted molar refractivity (Wildman–Crippen MR) is 115 cm³/mol. The van der Waals surface area contributed by atoms with Gasteiger partial charge in [-0.2, -0.15) is 4.98 Å². The van der Waals surface area contributed by atoms with E-state index in [1.807, 2.05) is 30.3 Å². The normalized spacial score (nSPS) is 15.3. The molecule has 9 heteroatoms. The maximum absolute atomic E-state index is 12.4. The second-order valence-corrected chi connectivity index (χ2v) is 6.82. The molecule has 1 aromatic heterocycles. The highest BCUT2D eigenvalue weighted by atomic mass is 16.5. The van der Waals surface area contributed by atoms with Crippen LogP contribution < -0.4 is 20.1 Å². The van der Waals surface area contributed by atoms with Gasteiger partial charge in [0.15, 0.2) is 11.5 Å². The quantitative estimate of drug-likeness (QED) is 0.595. The van der Waals surface area contributed by atoms with Crippen LogP contribution in [0.25, 0.3) is 6.08 Å². The maximum atomic E-state index is 12.4. The predicted octanol–water partition coefficient (Wildman–Crippen LogP) is 2.88. The Bertz CT molecular complexity index is 1140. The van der Waals surface area contributed by atoms with Gasteiger partial charge >= 0.3 is 0 Å². The third-order valence-electron chi connectivity index (χ3n) is 4.81. The van der Waals surface area contributed by atoms with E-state index in [1.165, 1.54) is 6.08 Å². The summed E-state index contributed by atoms with van der Waals surface area (Å²) in [7, 11) is 3.11. The Balaban J connectivity index is 1.50. The van der Waals surface area contributed by atoms with E-state index in [0.717, 1.165) is 11.1 Å². The molecule has 0 fully saturated rings. The number of anilines is 2. The number of hydrogen-bond donors (Lipinski definition) is 2. The molecule has 158 valence electrons. The van der Waals surface area contributed by atoms with E-state index in [-0.39, 0.29) is 24.3 Å². The van der Waals surface area contributed by atoms with E-state index >= 15 is 0 Å². The monoisotopic (exact) mass is 419 g/mol. The van der Waals surface area contributed by atoms with Gasteiger partial charge in [0, 0.05) is 6.08 Å². The van der Waals surface area contributed by atoms with Crippen LogP contribution in [0.15, 0.2) is 54.6 Å². The van der Waals surface area contributed by atoms with Crippen LogP contribution in [0.2, 0.25) is 0 Å². The summed E-state index contributed by atoms with van der Waals surface area (Å²) < 4.78 is 12.1. The Kier molecular flexibility index (Phi) is 5.65. The van der Waals surface area contributed by atoms with Crippen LogP contribution in [-0.2, 0) is 9.59 Å². The molecule has 2 heterocycles. The smallest absolute Gasteiger partial charge is 0.250 e. The highest BCUT2D eigenvalue weighted by Gasteiger charge is 2.29. The van der Waals surface area contributed by atoms with Crippen molar-refractivity contribution in [2.45, 2.75) is 12.5 Å². The number of rotatable bonds is 6. The van der Waals surface area contributed by atoms with Crippen LogP contribution >= 0.6 is 0 Å². The molecule has 0 radical (unpaired) electrons. The van der Waals surface area contributed by atoms with E-state index < -0.39 is 5.91 Å². The van der Waals surface area contributed by atoms with Gasteiger partial charge in [-0.3, -0.25) is 20.2 Å². The molecule has 4 rings (SSSR count). The number of carbonyl (C=O) groups is 2. The van der Waals surface area contributed by atoms with Crippen molar-refractivity contribution in [3.63, 3.8) is 0 Å². The molecule has 0 aliphatic carbocycles. The summed E-state index contributed by atoms with van der Waals surface area (Å²) in [6.07, 6.45) is 3.25. The van der Waals surface area contributed by atoms with E-state index in [9.17, 15) is 9.59 Å². The molecule has 2 aromatic carbocycles. The summed E-state index contributed by atoms with van der Waals surface area (Å²) in [5, 5.41) is 9.70. The zero-order valence-electron chi connectivity index (χ0n) is 17.0. The summed E-state index contributed by atoms with van der Waals surface area (Å²) in [5.74, 6) is 1.02. The number of fused-ring (bicyclic) bond motifs is 1. The Morgan fingerprint density at radius 3 is 2.68 bits per heavy atom. The van der Waals surface area contributed by atoms with Gasteiger partial charge in [-0.15, -0.1) is 5.10 Å². The first kappa shape index (κ1) is 20.1. The van der Waals surface area contributed by atoms with Crippen molar-refractivity contribution in [3.05, 3.63) is 65.7 Å². The molecular weight excluding hydrogens is 398 g/mol. The molecule has 0 unspecified atom stereocenters. The molecule has 1 aliphatic rings. The Morgan fingerprint density at radius 1 is 1.16 bits per heavy atom. The van der Waals surface area contributed by atoms with Crippen molar-refractivity contribution in [1.29, 1.82) is 0 Å². The van der Waals surface area contributed by atoms with E-state index in [1.54, 1.807) is 43.2 Å². The number of ether oxygens (including phenoxy) is 2. The Morgan fingerprint density at radius 2 is 1.94 bits per heavy atom. The SMILES string of the molecule is COc1ccc(/C=C/C(=O)Nc2nc3n(n2)[C@H](c2ccccc2)CC(=O)N3)cc1OC. The summed E-state index contributed by atoms with van der Waals surface area (Å²) in [6, 6.07) is 14.6. The first-order chi connectivity index (χ1) is 15.1. The van der Waals surface area contributed by atoms with Crippen LogP contribution in [0, 0.1) is 0 Å². The van der Waals surface area contributed by atoms with Gasteiger partial charge in [-0.1, -0.05) is 36.4 Å². The number of benzene rings is 2. The molecule has 2 N–H and O–H groups in total. The van der Waals surface area contributed by atoms with Gasteiger partial charge in [0.1, 0.15) is 0 Å². The maximum Gasteiger partial charge on any atom is 0.250 e. The molecule has 9 nitrogen and oxygen atoms in total. The van der Waals surface area contributed by atoms with Crippen LogP contribution in [0.5, 0.6) is 11.5 Å². The number of nitrogens with zero attached hydrogens (tertiary/aromatic N) is 3. The first-order valence-corrected chi connectivity index (χ1v) is 9.60. The van der Waals surface area contributed by atoms with Crippen LogP contribution in [0.1, 0.15) is 23.6 Å². The first-order valence-electron chi connectivity index (χ1n) is 9.60. The topological polar surface area (TPSA) is 107 Å². The molecular formula is C22H21N5O4. The lowest BCUT2D eigenvalue weighted by Crippen LogP contribution is -2.29. The third kappa shape index (κ3) is 4.40. The van der Waals surface area contributed by atoms with Crippen LogP contribution in [0.4, 0.5) is 11.9 Å². The molecule has 2 amide bonds.